The van der Waals surface area contributed by atoms with E-state index in [9.17, 15) is 4.79 Å². The number of likely N-dealkylation sites (tertiary alicyclic amines) is 1. The van der Waals surface area contributed by atoms with E-state index in [0.717, 1.165) is 25.9 Å². The molecule has 1 aliphatic rings. The molecule has 0 bridgehead atoms. The predicted octanol–water partition coefficient (Wildman–Crippen LogP) is 0.683. The van der Waals surface area contributed by atoms with Gasteiger partial charge in [0.05, 0.1) is 7.11 Å². The zero-order chi connectivity index (χ0) is 14.5. The third-order valence-electron chi connectivity index (χ3n) is 4.05. The summed E-state index contributed by atoms with van der Waals surface area (Å²) >= 11 is 0. The summed E-state index contributed by atoms with van der Waals surface area (Å²) in [5, 5.41) is 0. The lowest BCUT2D eigenvalue weighted by Crippen LogP contribution is -2.45. The van der Waals surface area contributed by atoms with E-state index < -0.39 is 5.54 Å². The van der Waals surface area contributed by atoms with Crippen LogP contribution in [0.15, 0.2) is 0 Å². The van der Waals surface area contributed by atoms with Gasteiger partial charge < -0.3 is 20.3 Å². The molecule has 5 nitrogen and oxygen atoms in total. The van der Waals surface area contributed by atoms with Gasteiger partial charge in [-0.05, 0) is 59.8 Å². The molecule has 1 rings (SSSR count). The summed E-state index contributed by atoms with van der Waals surface area (Å²) in [6.45, 7) is 5.18. The normalized spacial score (nSPS) is 23.6. The van der Waals surface area contributed by atoms with Crippen molar-refractivity contribution < 1.29 is 9.53 Å². The van der Waals surface area contributed by atoms with E-state index in [1.54, 1.807) is 6.92 Å². The molecule has 0 spiro atoms. The number of hydrogen-bond donors (Lipinski definition) is 1. The first kappa shape index (κ1) is 16.4. The lowest BCUT2D eigenvalue weighted by atomic mass is 9.96. The number of rotatable bonds is 7. The molecule has 5 heteroatoms. The fourth-order valence-electron chi connectivity index (χ4n) is 2.60. The highest BCUT2D eigenvalue weighted by Crippen LogP contribution is 2.16. The van der Waals surface area contributed by atoms with Crippen molar-refractivity contribution >= 4 is 5.97 Å². The first-order chi connectivity index (χ1) is 8.86. The van der Waals surface area contributed by atoms with Gasteiger partial charge in [-0.25, -0.2) is 0 Å². The van der Waals surface area contributed by atoms with Gasteiger partial charge in [0.1, 0.15) is 5.54 Å². The number of carbonyl (C=O) groups excluding carboxylic acids is 1. The minimum atomic E-state index is -0.841. The number of nitrogens with two attached hydrogens (primary N) is 1. The quantitative estimate of drug-likeness (QED) is 0.545. The summed E-state index contributed by atoms with van der Waals surface area (Å²) < 4.78 is 4.71. The van der Waals surface area contributed by atoms with E-state index in [1.807, 2.05) is 0 Å². The molecule has 2 N–H and O–H groups in total. The van der Waals surface area contributed by atoms with Crippen LogP contribution >= 0.6 is 0 Å². The molecule has 2 atom stereocenters. The van der Waals surface area contributed by atoms with Crippen molar-refractivity contribution in [2.45, 2.75) is 44.2 Å². The number of nitrogens with zero attached hydrogens (tertiary/aromatic N) is 2. The molecule has 1 aliphatic heterocycles. The van der Waals surface area contributed by atoms with Gasteiger partial charge in [0.15, 0.2) is 0 Å². The SMILES string of the molecule is COC(=O)C(C)(N)CCCCN1CCC(N(C)C)C1. The maximum atomic E-state index is 11.4. The van der Waals surface area contributed by atoms with Gasteiger partial charge in [0.2, 0.25) is 0 Å². The van der Waals surface area contributed by atoms with Crippen molar-refractivity contribution in [1.29, 1.82) is 0 Å². The monoisotopic (exact) mass is 271 g/mol. The number of esters is 1. The molecule has 0 aliphatic carbocycles. The molecule has 0 radical (unpaired) electrons. The Hall–Kier alpha value is -0.650. The largest absolute Gasteiger partial charge is 0.468 e. The molecule has 0 aromatic heterocycles. The molecule has 0 saturated carbocycles. The van der Waals surface area contributed by atoms with Gasteiger partial charge in [-0.1, -0.05) is 0 Å². The third kappa shape index (κ3) is 5.09. The lowest BCUT2D eigenvalue weighted by molar-refractivity contribution is -0.146. The number of ether oxygens (including phenoxy) is 1. The van der Waals surface area contributed by atoms with Crippen molar-refractivity contribution in [2.24, 2.45) is 5.73 Å². The Labute approximate surface area is 117 Å². The fourth-order valence-corrected chi connectivity index (χ4v) is 2.60. The second-order valence-corrected chi connectivity index (χ2v) is 6.07. The van der Waals surface area contributed by atoms with E-state index in [-0.39, 0.29) is 5.97 Å². The summed E-state index contributed by atoms with van der Waals surface area (Å²) in [6, 6.07) is 0.690. The van der Waals surface area contributed by atoms with Crippen molar-refractivity contribution in [3.8, 4) is 0 Å². The van der Waals surface area contributed by atoms with E-state index in [2.05, 4.69) is 23.9 Å². The van der Waals surface area contributed by atoms with Gasteiger partial charge in [-0.2, -0.15) is 0 Å². The number of methoxy groups -OCH3 is 1. The zero-order valence-electron chi connectivity index (χ0n) is 12.8. The number of carbonyl (C=O) groups is 1. The van der Waals surface area contributed by atoms with E-state index in [4.69, 9.17) is 10.5 Å². The van der Waals surface area contributed by atoms with Crippen LogP contribution in [0.25, 0.3) is 0 Å². The Bertz CT molecular complexity index is 292. The van der Waals surface area contributed by atoms with Gasteiger partial charge >= 0.3 is 5.97 Å². The van der Waals surface area contributed by atoms with Gasteiger partial charge in [-0.3, -0.25) is 4.79 Å². The minimum absolute atomic E-state index is 0.318. The van der Waals surface area contributed by atoms with Gasteiger partial charge in [-0.15, -0.1) is 0 Å². The van der Waals surface area contributed by atoms with Crippen LogP contribution in [0.4, 0.5) is 0 Å². The number of unbranched alkanes of at least 4 members (excludes halogenated alkanes) is 1. The number of hydrogen-bond acceptors (Lipinski definition) is 5. The van der Waals surface area contributed by atoms with Crippen molar-refractivity contribution in [3.05, 3.63) is 0 Å². The van der Waals surface area contributed by atoms with E-state index in [0.29, 0.717) is 12.5 Å². The summed E-state index contributed by atoms with van der Waals surface area (Å²) in [7, 11) is 5.67. The molecule has 19 heavy (non-hydrogen) atoms. The van der Waals surface area contributed by atoms with Crippen LogP contribution < -0.4 is 5.73 Å². The molecule has 0 amide bonds. The maximum absolute atomic E-state index is 11.4. The van der Waals surface area contributed by atoms with Crippen molar-refractivity contribution in [2.75, 3.05) is 40.8 Å². The molecule has 112 valence electrons. The van der Waals surface area contributed by atoms with Crippen LogP contribution in [0.5, 0.6) is 0 Å². The summed E-state index contributed by atoms with van der Waals surface area (Å²) in [5.41, 5.74) is 5.09. The van der Waals surface area contributed by atoms with Crippen LogP contribution in [-0.2, 0) is 9.53 Å². The molecule has 2 unspecified atom stereocenters. The molecular weight excluding hydrogens is 242 g/mol. The molecule has 1 fully saturated rings. The Morgan fingerprint density at radius 2 is 2.16 bits per heavy atom. The van der Waals surface area contributed by atoms with Gasteiger partial charge in [0.25, 0.3) is 0 Å². The zero-order valence-corrected chi connectivity index (χ0v) is 12.8. The fraction of sp³-hybridized carbons (Fsp3) is 0.929. The van der Waals surface area contributed by atoms with Crippen LogP contribution in [0, 0.1) is 0 Å². The van der Waals surface area contributed by atoms with Gasteiger partial charge in [0, 0.05) is 12.6 Å². The Balaban J connectivity index is 2.17. The highest BCUT2D eigenvalue weighted by atomic mass is 16.5. The van der Waals surface area contributed by atoms with Crippen LogP contribution in [0.3, 0.4) is 0 Å². The Morgan fingerprint density at radius 3 is 2.68 bits per heavy atom. The van der Waals surface area contributed by atoms with Crippen LogP contribution in [-0.4, -0.2) is 68.2 Å². The average molecular weight is 271 g/mol. The van der Waals surface area contributed by atoms with E-state index >= 15 is 0 Å². The van der Waals surface area contributed by atoms with Crippen molar-refractivity contribution in [3.63, 3.8) is 0 Å². The highest BCUT2D eigenvalue weighted by Gasteiger charge is 2.29. The standard InChI is InChI=1S/C14H29N3O2/c1-14(15,13(18)19-4)8-5-6-9-17-10-7-12(11-17)16(2)3/h12H,5-11,15H2,1-4H3. The van der Waals surface area contributed by atoms with Crippen LogP contribution in [0.2, 0.25) is 0 Å². The highest BCUT2D eigenvalue weighted by molar-refractivity contribution is 5.79. The molecule has 0 aromatic carbocycles. The average Bonchev–Trinajstić information content (AvgIpc) is 2.82. The topological polar surface area (TPSA) is 58.8 Å². The Kier molecular flexibility index (Phi) is 6.23. The summed E-state index contributed by atoms with van der Waals surface area (Å²) in [6.07, 6.45) is 3.99. The summed E-state index contributed by atoms with van der Waals surface area (Å²) in [4.78, 5) is 16.2. The Morgan fingerprint density at radius 1 is 1.47 bits per heavy atom. The number of likely N-dealkylation sites (N-methyl/N-ethyl adjacent to an activating group) is 1. The maximum Gasteiger partial charge on any atom is 0.325 e. The molecule has 0 aromatic rings. The molecule has 1 saturated heterocycles. The first-order valence-corrected chi connectivity index (χ1v) is 7.13. The van der Waals surface area contributed by atoms with E-state index in [1.165, 1.54) is 20.1 Å². The second-order valence-electron chi connectivity index (χ2n) is 6.07. The predicted molar refractivity (Wildman–Crippen MR) is 77.0 cm³/mol. The molecular formula is C14H29N3O2. The molecule has 1 heterocycles. The summed E-state index contributed by atoms with van der Waals surface area (Å²) in [5.74, 6) is -0.318. The second kappa shape index (κ2) is 7.22. The lowest BCUT2D eigenvalue weighted by Gasteiger charge is -2.22. The smallest absolute Gasteiger partial charge is 0.325 e. The third-order valence-corrected chi connectivity index (χ3v) is 4.05. The minimum Gasteiger partial charge on any atom is -0.468 e. The van der Waals surface area contributed by atoms with Crippen LogP contribution in [0.1, 0.15) is 32.6 Å². The first-order valence-electron chi connectivity index (χ1n) is 7.13. The van der Waals surface area contributed by atoms with Crippen molar-refractivity contribution in [1.82, 2.24) is 9.80 Å².